The normalized spacial score (nSPS) is 12.6. The van der Waals surface area contributed by atoms with Gasteiger partial charge in [-0.25, -0.2) is 0 Å². The first-order valence-corrected chi connectivity index (χ1v) is 7.16. The molecule has 2 aromatic rings. The Labute approximate surface area is 124 Å². The molecule has 1 aliphatic rings. The zero-order valence-corrected chi connectivity index (χ0v) is 12.0. The number of hydrogen-bond donors (Lipinski definition) is 2. The summed E-state index contributed by atoms with van der Waals surface area (Å²) in [4.78, 5) is 14.4. The number of hydrogen-bond acceptors (Lipinski definition) is 3. The molecule has 4 heteroatoms. The van der Waals surface area contributed by atoms with Crippen LogP contribution in [-0.2, 0) is 6.42 Å². The maximum Gasteiger partial charge on any atom is 0.258 e. The van der Waals surface area contributed by atoms with Crippen molar-refractivity contribution in [3.05, 3.63) is 53.6 Å². The molecule has 21 heavy (non-hydrogen) atoms. The van der Waals surface area contributed by atoms with Crippen LogP contribution in [0.15, 0.2) is 42.5 Å². The number of fused-ring (bicyclic) bond motifs is 1. The topological polar surface area (TPSA) is 52.6 Å². The summed E-state index contributed by atoms with van der Waals surface area (Å²) in [6.07, 6.45) is 0.953. The van der Waals surface area contributed by atoms with E-state index < -0.39 is 0 Å². The van der Waals surface area contributed by atoms with Gasteiger partial charge in [0.25, 0.3) is 5.91 Å². The van der Waals surface area contributed by atoms with E-state index in [1.165, 1.54) is 5.56 Å². The molecule has 0 aliphatic carbocycles. The Morgan fingerprint density at radius 1 is 1.29 bits per heavy atom. The number of phenolic OH excluding ortho intramolecular Hbond substituents is 1. The Hall–Kier alpha value is -2.49. The van der Waals surface area contributed by atoms with Crippen molar-refractivity contribution in [2.75, 3.05) is 23.3 Å². The fraction of sp³-hybridized carbons (Fsp3) is 0.235. The van der Waals surface area contributed by atoms with Crippen LogP contribution in [0.5, 0.6) is 5.75 Å². The van der Waals surface area contributed by atoms with E-state index >= 15 is 0 Å². The highest BCUT2D eigenvalue weighted by atomic mass is 16.3. The highest BCUT2D eigenvalue weighted by Crippen LogP contribution is 2.26. The van der Waals surface area contributed by atoms with Gasteiger partial charge < -0.3 is 15.3 Å². The van der Waals surface area contributed by atoms with Crippen LogP contribution >= 0.6 is 0 Å². The van der Waals surface area contributed by atoms with Gasteiger partial charge >= 0.3 is 0 Å². The molecule has 0 bridgehead atoms. The van der Waals surface area contributed by atoms with Crippen molar-refractivity contribution in [3.63, 3.8) is 0 Å². The molecular formula is C17H18N2O2. The minimum absolute atomic E-state index is 0.0437. The van der Waals surface area contributed by atoms with Gasteiger partial charge in [0.05, 0.1) is 0 Å². The van der Waals surface area contributed by atoms with E-state index in [0.717, 1.165) is 18.7 Å². The van der Waals surface area contributed by atoms with Crippen LogP contribution < -0.4 is 10.2 Å². The van der Waals surface area contributed by atoms with E-state index in [4.69, 9.17) is 0 Å². The highest BCUT2D eigenvalue weighted by Gasteiger charge is 2.19. The van der Waals surface area contributed by atoms with Gasteiger partial charge in [0.2, 0.25) is 0 Å². The first-order chi connectivity index (χ1) is 10.2. The summed E-state index contributed by atoms with van der Waals surface area (Å²) in [6, 6.07) is 12.6. The predicted octanol–water partition coefficient (Wildman–Crippen LogP) is 3.03. The molecule has 0 atom stereocenters. The summed E-state index contributed by atoms with van der Waals surface area (Å²) in [5, 5.41) is 12.9. The van der Waals surface area contributed by atoms with Crippen LogP contribution in [0.4, 0.5) is 11.4 Å². The van der Waals surface area contributed by atoms with Gasteiger partial charge in [-0.2, -0.15) is 0 Å². The molecule has 0 saturated heterocycles. The molecule has 4 nitrogen and oxygen atoms in total. The van der Waals surface area contributed by atoms with Crippen LogP contribution in [0.3, 0.4) is 0 Å². The second-order valence-electron chi connectivity index (χ2n) is 5.12. The Morgan fingerprint density at radius 2 is 2.14 bits per heavy atom. The molecule has 108 valence electrons. The Bertz CT molecular complexity index is 682. The maximum atomic E-state index is 12.7. The smallest absolute Gasteiger partial charge is 0.258 e. The molecule has 0 radical (unpaired) electrons. The lowest BCUT2D eigenvalue weighted by Gasteiger charge is -2.21. The van der Waals surface area contributed by atoms with Gasteiger partial charge in [-0.1, -0.05) is 6.07 Å². The fourth-order valence-corrected chi connectivity index (χ4v) is 2.70. The second-order valence-corrected chi connectivity index (χ2v) is 5.12. The van der Waals surface area contributed by atoms with Crippen molar-refractivity contribution in [1.29, 1.82) is 0 Å². The molecule has 3 rings (SSSR count). The summed E-state index contributed by atoms with van der Waals surface area (Å²) >= 11 is 0. The third-order valence-electron chi connectivity index (χ3n) is 3.76. The Balaban J connectivity index is 1.92. The third-order valence-corrected chi connectivity index (χ3v) is 3.76. The fourth-order valence-electron chi connectivity index (χ4n) is 2.70. The molecule has 0 aromatic heterocycles. The number of aromatic hydroxyl groups is 1. The number of rotatable bonds is 3. The van der Waals surface area contributed by atoms with Crippen molar-refractivity contribution in [2.45, 2.75) is 13.3 Å². The molecule has 1 heterocycles. The van der Waals surface area contributed by atoms with E-state index in [0.29, 0.717) is 17.8 Å². The zero-order valence-electron chi connectivity index (χ0n) is 12.0. The zero-order chi connectivity index (χ0) is 14.8. The number of phenols is 1. The molecule has 0 fully saturated rings. The van der Waals surface area contributed by atoms with Crippen molar-refractivity contribution < 1.29 is 9.90 Å². The van der Waals surface area contributed by atoms with Crippen molar-refractivity contribution in [3.8, 4) is 5.75 Å². The van der Waals surface area contributed by atoms with E-state index in [9.17, 15) is 9.90 Å². The van der Waals surface area contributed by atoms with E-state index in [2.05, 4.69) is 5.32 Å². The number of carbonyl (C=O) groups excluding carboxylic acids is 1. The van der Waals surface area contributed by atoms with Crippen LogP contribution in [-0.4, -0.2) is 24.1 Å². The third kappa shape index (κ3) is 2.57. The molecule has 0 saturated carbocycles. The highest BCUT2D eigenvalue weighted by molar-refractivity contribution is 6.06. The van der Waals surface area contributed by atoms with Crippen molar-refractivity contribution in [2.24, 2.45) is 0 Å². The largest absolute Gasteiger partial charge is 0.508 e. The lowest BCUT2D eigenvalue weighted by atomic mass is 10.1. The number of carbonyl (C=O) groups is 1. The molecular weight excluding hydrogens is 264 g/mol. The lowest BCUT2D eigenvalue weighted by Crippen LogP contribution is -2.30. The Morgan fingerprint density at radius 3 is 2.90 bits per heavy atom. The summed E-state index contributed by atoms with van der Waals surface area (Å²) in [5.41, 5.74) is 3.70. The van der Waals surface area contributed by atoms with Crippen LogP contribution in [0.1, 0.15) is 22.8 Å². The molecule has 1 aliphatic heterocycles. The molecule has 0 spiro atoms. The second kappa shape index (κ2) is 5.48. The number of nitrogens with zero attached hydrogens (tertiary/aromatic N) is 1. The Kier molecular flexibility index (Phi) is 3.52. The van der Waals surface area contributed by atoms with Gasteiger partial charge in [-0.15, -0.1) is 0 Å². The first-order valence-electron chi connectivity index (χ1n) is 7.16. The average Bonchev–Trinajstić information content (AvgIpc) is 2.95. The molecule has 2 aromatic carbocycles. The van der Waals surface area contributed by atoms with Crippen LogP contribution in [0, 0.1) is 0 Å². The average molecular weight is 282 g/mol. The monoisotopic (exact) mass is 282 g/mol. The molecule has 1 amide bonds. The quantitative estimate of drug-likeness (QED) is 0.910. The summed E-state index contributed by atoms with van der Waals surface area (Å²) < 4.78 is 0. The first kappa shape index (κ1) is 13.5. The standard InChI is InChI=1S/C17H18N2O2/c1-2-19(14-4-3-5-15(20)11-14)17(21)13-6-7-16-12(10-13)8-9-18-16/h3-7,10-11,18,20H,2,8-9H2,1H3. The van der Waals surface area contributed by atoms with Gasteiger partial charge in [-0.05, 0) is 49.2 Å². The number of nitrogens with one attached hydrogen (secondary N) is 1. The van der Waals surface area contributed by atoms with Crippen LogP contribution in [0.25, 0.3) is 0 Å². The van der Waals surface area contributed by atoms with Crippen molar-refractivity contribution in [1.82, 2.24) is 0 Å². The van der Waals surface area contributed by atoms with Crippen LogP contribution in [0.2, 0.25) is 0 Å². The minimum Gasteiger partial charge on any atom is -0.508 e. The van der Waals surface area contributed by atoms with Gasteiger partial charge in [0.15, 0.2) is 0 Å². The van der Waals surface area contributed by atoms with E-state index in [1.54, 1.807) is 23.1 Å². The SMILES string of the molecule is CCN(C(=O)c1ccc2c(c1)CCN2)c1cccc(O)c1. The number of benzene rings is 2. The van der Waals surface area contributed by atoms with E-state index in [-0.39, 0.29) is 11.7 Å². The van der Waals surface area contributed by atoms with Gasteiger partial charge in [0, 0.05) is 36.1 Å². The molecule has 0 unspecified atom stereocenters. The lowest BCUT2D eigenvalue weighted by molar-refractivity contribution is 0.0988. The van der Waals surface area contributed by atoms with E-state index in [1.807, 2.05) is 31.2 Å². The maximum absolute atomic E-state index is 12.7. The predicted molar refractivity (Wildman–Crippen MR) is 84.1 cm³/mol. The van der Waals surface area contributed by atoms with Crippen molar-refractivity contribution >= 4 is 17.3 Å². The number of anilines is 2. The summed E-state index contributed by atoms with van der Waals surface area (Å²) in [7, 11) is 0. The minimum atomic E-state index is -0.0437. The number of amides is 1. The molecule has 2 N–H and O–H groups in total. The summed E-state index contributed by atoms with van der Waals surface area (Å²) in [5.74, 6) is 0.120. The summed E-state index contributed by atoms with van der Waals surface area (Å²) in [6.45, 7) is 3.41. The van der Waals surface area contributed by atoms with Gasteiger partial charge in [-0.3, -0.25) is 4.79 Å². The van der Waals surface area contributed by atoms with Gasteiger partial charge in [0.1, 0.15) is 5.75 Å².